The third-order valence-corrected chi connectivity index (χ3v) is 2.61. The number of unbranched alkanes of at least 4 members (excludes halogenated alkanes) is 1. The van der Waals surface area contributed by atoms with E-state index in [-0.39, 0.29) is 12.4 Å². The molecule has 0 atom stereocenters. The van der Waals surface area contributed by atoms with Crippen LogP contribution in [-0.2, 0) is 4.74 Å². The highest BCUT2D eigenvalue weighted by Gasteiger charge is 2.22. The fourth-order valence-corrected chi connectivity index (χ4v) is 1.67. The number of aromatic carboxylic acids is 1. The first kappa shape index (κ1) is 18.5. The van der Waals surface area contributed by atoms with E-state index in [0.29, 0.717) is 6.42 Å². The Morgan fingerprint density at radius 1 is 1.35 bits per heavy atom. The lowest BCUT2D eigenvalue weighted by molar-refractivity contribution is 0.0608. The molecule has 1 amide bonds. The van der Waals surface area contributed by atoms with Gasteiger partial charge in [-0.15, -0.1) is 0 Å². The van der Waals surface area contributed by atoms with Gasteiger partial charge in [0.05, 0.1) is 6.61 Å². The number of nitrogens with one attached hydrogen (secondary N) is 1. The highest BCUT2D eigenvalue weighted by Crippen LogP contribution is 2.14. The largest absolute Gasteiger partial charge is 0.487 e. The summed E-state index contributed by atoms with van der Waals surface area (Å²) in [5.74, 6) is -1.71. The van der Waals surface area contributed by atoms with Crippen molar-refractivity contribution in [1.82, 2.24) is 4.68 Å². The smallest absolute Gasteiger partial charge is 0.426 e. The summed E-state index contributed by atoms with van der Waals surface area (Å²) in [5, 5.41) is 9.34. The Kier molecular flexibility index (Phi) is 6.18. The van der Waals surface area contributed by atoms with Gasteiger partial charge in [-0.05, 0) is 27.2 Å². The maximum absolute atomic E-state index is 11.9. The molecular weight excluding hydrogens is 304 g/mol. The molecule has 0 bridgehead atoms. The molecule has 8 heteroatoms. The van der Waals surface area contributed by atoms with E-state index in [9.17, 15) is 19.5 Å². The van der Waals surface area contributed by atoms with Gasteiger partial charge in [-0.2, -0.15) is 0 Å². The van der Waals surface area contributed by atoms with Crippen LogP contribution in [0.1, 0.15) is 51.0 Å². The van der Waals surface area contributed by atoms with Crippen molar-refractivity contribution in [3.8, 4) is 5.75 Å². The number of carbonyl (C=O) groups excluding carboxylic acids is 1. The van der Waals surface area contributed by atoms with Crippen LogP contribution in [0, 0.1) is 0 Å². The van der Waals surface area contributed by atoms with E-state index >= 15 is 0 Å². The highest BCUT2D eigenvalue weighted by molar-refractivity contribution is 5.90. The van der Waals surface area contributed by atoms with Crippen LogP contribution in [0.2, 0.25) is 0 Å². The number of nitrogens with zero attached hydrogens (tertiary/aromatic N) is 1. The molecule has 1 aromatic rings. The van der Waals surface area contributed by atoms with Gasteiger partial charge in [0.15, 0.2) is 11.4 Å². The lowest BCUT2D eigenvalue weighted by Crippen LogP contribution is -2.34. The summed E-state index contributed by atoms with van der Waals surface area (Å²) >= 11 is 0. The second-order valence-corrected chi connectivity index (χ2v) is 5.85. The van der Waals surface area contributed by atoms with Crippen LogP contribution in [0.4, 0.5) is 4.79 Å². The number of hydrogen-bond donors (Lipinski definition) is 2. The molecule has 0 radical (unpaired) electrons. The zero-order valence-corrected chi connectivity index (χ0v) is 13.7. The summed E-state index contributed by atoms with van der Waals surface area (Å²) in [7, 11) is 0. The molecule has 1 heterocycles. The molecule has 0 unspecified atom stereocenters. The van der Waals surface area contributed by atoms with Crippen molar-refractivity contribution in [3.05, 3.63) is 28.2 Å². The monoisotopic (exact) mass is 326 g/mol. The fourth-order valence-electron chi connectivity index (χ4n) is 1.67. The highest BCUT2D eigenvalue weighted by atomic mass is 16.6. The van der Waals surface area contributed by atoms with Crippen molar-refractivity contribution < 1.29 is 24.2 Å². The van der Waals surface area contributed by atoms with Crippen molar-refractivity contribution in [1.29, 1.82) is 0 Å². The molecular formula is C15H22N2O6. The molecule has 0 aliphatic heterocycles. The molecule has 0 aliphatic carbocycles. The van der Waals surface area contributed by atoms with Gasteiger partial charge in [-0.3, -0.25) is 4.79 Å². The molecule has 8 nitrogen and oxygen atoms in total. The Balaban J connectivity index is 3.12. The minimum absolute atomic E-state index is 0.211. The van der Waals surface area contributed by atoms with Crippen LogP contribution < -0.4 is 15.6 Å². The van der Waals surface area contributed by atoms with Gasteiger partial charge in [0, 0.05) is 12.3 Å². The Morgan fingerprint density at radius 3 is 2.52 bits per heavy atom. The molecule has 0 saturated carbocycles. The van der Waals surface area contributed by atoms with E-state index in [4.69, 9.17) is 9.47 Å². The van der Waals surface area contributed by atoms with Crippen molar-refractivity contribution >= 4 is 12.1 Å². The Bertz CT molecular complexity index is 630. The second-order valence-electron chi connectivity index (χ2n) is 5.85. The summed E-state index contributed by atoms with van der Waals surface area (Å²) < 4.78 is 11.3. The molecule has 23 heavy (non-hydrogen) atoms. The number of amides is 1. The number of ether oxygens (including phenoxy) is 2. The number of carbonyl (C=O) groups is 2. The number of pyridine rings is 1. The van der Waals surface area contributed by atoms with Crippen molar-refractivity contribution in [2.45, 2.75) is 46.1 Å². The maximum atomic E-state index is 11.9. The van der Waals surface area contributed by atoms with Gasteiger partial charge >= 0.3 is 12.1 Å². The van der Waals surface area contributed by atoms with Gasteiger partial charge in [0.1, 0.15) is 5.60 Å². The van der Waals surface area contributed by atoms with Crippen LogP contribution in [0.3, 0.4) is 0 Å². The van der Waals surface area contributed by atoms with E-state index in [1.807, 2.05) is 6.92 Å². The fraction of sp³-hybridized carbons (Fsp3) is 0.533. The minimum Gasteiger partial charge on any atom is -0.487 e. The third kappa shape index (κ3) is 5.65. The number of rotatable bonds is 6. The average molecular weight is 326 g/mol. The number of aromatic nitrogens is 1. The first-order valence-corrected chi connectivity index (χ1v) is 7.27. The number of hydrogen-bond acceptors (Lipinski definition) is 5. The Morgan fingerprint density at radius 2 is 2.00 bits per heavy atom. The van der Waals surface area contributed by atoms with E-state index in [2.05, 4.69) is 5.43 Å². The topological polar surface area (TPSA) is 107 Å². The van der Waals surface area contributed by atoms with Gasteiger partial charge < -0.3 is 14.6 Å². The van der Waals surface area contributed by atoms with E-state index in [1.165, 1.54) is 0 Å². The predicted octanol–water partition coefficient (Wildman–Crippen LogP) is 2.20. The summed E-state index contributed by atoms with van der Waals surface area (Å²) in [5.41, 5.74) is 0.492. The lowest BCUT2D eigenvalue weighted by atomic mass is 10.2. The summed E-state index contributed by atoms with van der Waals surface area (Å²) in [6.45, 7) is 7.18. The van der Waals surface area contributed by atoms with Crippen LogP contribution in [0.15, 0.2) is 17.1 Å². The molecule has 0 saturated heterocycles. The summed E-state index contributed by atoms with van der Waals surface area (Å²) in [4.78, 5) is 35.1. The quantitative estimate of drug-likeness (QED) is 0.776. The van der Waals surface area contributed by atoms with Crippen LogP contribution >= 0.6 is 0 Å². The van der Waals surface area contributed by atoms with E-state index in [0.717, 1.165) is 23.4 Å². The van der Waals surface area contributed by atoms with E-state index < -0.39 is 28.8 Å². The van der Waals surface area contributed by atoms with Crippen LogP contribution in [-0.4, -0.2) is 34.1 Å². The Hall–Kier alpha value is -2.51. The summed E-state index contributed by atoms with van der Waals surface area (Å²) in [6.07, 6.45) is 1.80. The SMILES string of the molecule is CCCCOc1c(C(=O)O)n(NC(=O)OC(C)(C)C)ccc1=O. The van der Waals surface area contributed by atoms with Crippen LogP contribution in [0.5, 0.6) is 5.75 Å². The maximum Gasteiger partial charge on any atom is 0.426 e. The molecule has 1 aromatic heterocycles. The molecule has 0 aromatic carbocycles. The van der Waals surface area contributed by atoms with Gasteiger partial charge in [0.25, 0.3) is 0 Å². The van der Waals surface area contributed by atoms with Gasteiger partial charge in [-0.25, -0.2) is 19.7 Å². The van der Waals surface area contributed by atoms with Crippen molar-refractivity contribution in [2.24, 2.45) is 0 Å². The average Bonchev–Trinajstić information content (AvgIpc) is 2.39. The molecule has 0 fully saturated rings. The standard InChI is InChI=1S/C15H22N2O6/c1-5-6-9-22-12-10(18)7-8-17(11(12)13(19)20)16-14(21)23-15(2,3)4/h7-8H,5-6,9H2,1-4H3,(H,16,21)(H,19,20). The zero-order valence-electron chi connectivity index (χ0n) is 13.7. The first-order chi connectivity index (χ1) is 10.7. The summed E-state index contributed by atoms with van der Waals surface area (Å²) in [6, 6.07) is 1.12. The van der Waals surface area contributed by atoms with Crippen LogP contribution in [0.25, 0.3) is 0 Å². The minimum atomic E-state index is -1.40. The van der Waals surface area contributed by atoms with E-state index in [1.54, 1.807) is 20.8 Å². The first-order valence-electron chi connectivity index (χ1n) is 7.27. The Labute approximate surface area is 134 Å². The van der Waals surface area contributed by atoms with Gasteiger partial charge in [0.2, 0.25) is 5.43 Å². The molecule has 0 spiro atoms. The predicted molar refractivity (Wildman–Crippen MR) is 83.7 cm³/mol. The van der Waals surface area contributed by atoms with Crippen molar-refractivity contribution in [3.63, 3.8) is 0 Å². The second kappa shape index (κ2) is 7.66. The molecule has 1 rings (SSSR count). The zero-order chi connectivity index (χ0) is 17.6. The number of carboxylic acid groups (broad SMARTS) is 1. The number of carboxylic acids is 1. The molecule has 0 aliphatic rings. The van der Waals surface area contributed by atoms with Gasteiger partial charge in [-0.1, -0.05) is 13.3 Å². The normalized spacial score (nSPS) is 11.0. The molecule has 128 valence electrons. The van der Waals surface area contributed by atoms with Crippen molar-refractivity contribution in [2.75, 3.05) is 12.0 Å². The molecule has 2 N–H and O–H groups in total. The lowest BCUT2D eigenvalue weighted by Gasteiger charge is -2.21. The third-order valence-electron chi connectivity index (χ3n) is 2.61.